The van der Waals surface area contributed by atoms with Gasteiger partial charge in [0.15, 0.2) is 0 Å². The molecule has 1 aromatic carbocycles. The first kappa shape index (κ1) is 13.2. The predicted octanol–water partition coefficient (Wildman–Crippen LogP) is 2.37. The van der Waals surface area contributed by atoms with Crippen LogP contribution in [0.4, 0.5) is 5.69 Å². The van der Waals surface area contributed by atoms with Crippen LogP contribution in [0.2, 0.25) is 5.02 Å². The molecule has 0 saturated heterocycles. The summed E-state index contributed by atoms with van der Waals surface area (Å²) < 4.78 is 10.1. The van der Waals surface area contributed by atoms with Gasteiger partial charge < -0.3 is 19.9 Å². The minimum atomic E-state index is -1.04. The number of anilines is 1. The van der Waals surface area contributed by atoms with Crippen molar-refractivity contribution < 1.29 is 19.4 Å². The van der Waals surface area contributed by atoms with Crippen molar-refractivity contribution >= 4 is 23.3 Å². The van der Waals surface area contributed by atoms with Crippen LogP contribution in [0.1, 0.15) is 0 Å². The molecular weight excluding hydrogens is 246 g/mol. The molecule has 0 aliphatic carbocycles. The first-order valence-electron chi connectivity index (χ1n) is 4.66. The van der Waals surface area contributed by atoms with Crippen molar-refractivity contribution in [2.75, 3.05) is 19.5 Å². The molecule has 0 unspecified atom stereocenters. The summed E-state index contributed by atoms with van der Waals surface area (Å²) in [6.45, 7) is 0. The van der Waals surface area contributed by atoms with E-state index in [1.165, 1.54) is 20.4 Å². The summed E-state index contributed by atoms with van der Waals surface area (Å²) >= 11 is 5.92. The third-order valence-corrected chi connectivity index (χ3v) is 2.23. The van der Waals surface area contributed by atoms with Crippen LogP contribution in [0.5, 0.6) is 11.5 Å². The Kier molecular flexibility index (Phi) is 4.66. The first-order valence-corrected chi connectivity index (χ1v) is 5.03. The summed E-state index contributed by atoms with van der Waals surface area (Å²) in [6.07, 6.45) is 2.26. The monoisotopic (exact) mass is 257 g/mol. The first-order chi connectivity index (χ1) is 8.08. The molecule has 0 spiro atoms. The van der Waals surface area contributed by atoms with Crippen molar-refractivity contribution in [2.45, 2.75) is 0 Å². The number of carboxylic acids is 1. The molecule has 6 heteroatoms. The molecule has 0 heterocycles. The topological polar surface area (TPSA) is 67.8 Å². The maximum Gasteiger partial charge on any atom is 0.329 e. The van der Waals surface area contributed by atoms with Crippen molar-refractivity contribution in [3.63, 3.8) is 0 Å². The molecule has 0 saturated carbocycles. The van der Waals surface area contributed by atoms with Crippen molar-refractivity contribution in [3.05, 3.63) is 29.4 Å². The molecule has 0 radical (unpaired) electrons. The molecule has 0 fully saturated rings. The van der Waals surface area contributed by atoms with E-state index in [0.717, 1.165) is 6.08 Å². The molecule has 2 N–H and O–H groups in total. The van der Waals surface area contributed by atoms with Gasteiger partial charge in [0.25, 0.3) is 0 Å². The predicted molar refractivity (Wildman–Crippen MR) is 65.0 cm³/mol. The van der Waals surface area contributed by atoms with Gasteiger partial charge in [-0.15, -0.1) is 0 Å². The number of nitrogens with one attached hydrogen (secondary N) is 1. The normalized spacial score (nSPS) is 10.3. The van der Waals surface area contributed by atoms with Crippen molar-refractivity contribution in [1.82, 2.24) is 0 Å². The lowest BCUT2D eigenvalue weighted by atomic mass is 10.2. The molecule has 0 atom stereocenters. The maximum absolute atomic E-state index is 10.3. The second-order valence-corrected chi connectivity index (χ2v) is 3.41. The number of hydrogen-bond donors (Lipinski definition) is 2. The number of carboxylic acid groups (broad SMARTS) is 1. The van der Waals surface area contributed by atoms with Gasteiger partial charge in [-0.3, -0.25) is 0 Å². The zero-order chi connectivity index (χ0) is 12.8. The van der Waals surface area contributed by atoms with E-state index in [0.29, 0.717) is 22.2 Å². The van der Waals surface area contributed by atoms with Crippen LogP contribution in [-0.4, -0.2) is 25.3 Å². The molecule has 5 nitrogen and oxygen atoms in total. The van der Waals surface area contributed by atoms with Crippen LogP contribution in [0.25, 0.3) is 0 Å². The van der Waals surface area contributed by atoms with Crippen LogP contribution in [0.15, 0.2) is 24.4 Å². The fourth-order valence-corrected chi connectivity index (χ4v) is 1.41. The lowest BCUT2D eigenvalue weighted by Gasteiger charge is -2.11. The van der Waals surface area contributed by atoms with Gasteiger partial charge in [-0.1, -0.05) is 11.6 Å². The zero-order valence-corrected chi connectivity index (χ0v) is 10.1. The number of carbonyl (C=O) groups is 1. The Labute approximate surface area is 104 Å². The van der Waals surface area contributed by atoms with E-state index < -0.39 is 5.97 Å². The highest BCUT2D eigenvalue weighted by Gasteiger charge is 2.08. The number of methoxy groups -OCH3 is 2. The fraction of sp³-hybridized carbons (Fsp3) is 0.182. The average Bonchev–Trinajstić information content (AvgIpc) is 2.30. The fourth-order valence-electron chi connectivity index (χ4n) is 1.18. The summed E-state index contributed by atoms with van der Waals surface area (Å²) in [7, 11) is 2.98. The molecule has 0 aromatic heterocycles. The Morgan fingerprint density at radius 2 is 2.00 bits per heavy atom. The Balaban J connectivity index is 3.00. The Bertz CT molecular complexity index is 445. The summed E-state index contributed by atoms with van der Waals surface area (Å²) in [5, 5.41) is 11.6. The van der Waals surface area contributed by atoms with Crippen LogP contribution in [0, 0.1) is 0 Å². The van der Waals surface area contributed by atoms with Crippen molar-refractivity contribution in [2.24, 2.45) is 0 Å². The lowest BCUT2D eigenvalue weighted by molar-refractivity contribution is -0.131. The molecule has 1 rings (SSSR count). The Hall–Kier alpha value is -1.88. The Morgan fingerprint density at radius 3 is 2.53 bits per heavy atom. The van der Waals surface area contributed by atoms with Gasteiger partial charge in [-0.2, -0.15) is 0 Å². The molecular formula is C11H12ClNO4. The molecule has 1 aromatic rings. The number of halogens is 1. The largest absolute Gasteiger partial charge is 0.495 e. The summed E-state index contributed by atoms with van der Waals surface area (Å²) in [6, 6.07) is 3.20. The highest BCUT2D eigenvalue weighted by Crippen LogP contribution is 2.35. The number of ether oxygens (including phenoxy) is 2. The van der Waals surface area contributed by atoms with Crippen LogP contribution in [-0.2, 0) is 4.79 Å². The third kappa shape index (κ3) is 3.57. The van der Waals surface area contributed by atoms with Crippen LogP contribution < -0.4 is 14.8 Å². The molecule has 17 heavy (non-hydrogen) atoms. The maximum atomic E-state index is 10.3. The van der Waals surface area contributed by atoms with Gasteiger partial charge in [0.1, 0.15) is 11.5 Å². The number of benzene rings is 1. The van der Waals surface area contributed by atoms with E-state index in [9.17, 15) is 4.79 Å². The van der Waals surface area contributed by atoms with Crippen molar-refractivity contribution in [3.8, 4) is 11.5 Å². The van der Waals surface area contributed by atoms with E-state index in [1.807, 2.05) is 0 Å². The zero-order valence-electron chi connectivity index (χ0n) is 9.36. The van der Waals surface area contributed by atoms with E-state index in [1.54, 1.807) is 12.1 Å². The highest BCUT2D eigenvalue weighted by atomic mass is 35.5. The number of aliphatic carboxylic acids is 1. The molecule has 0 aliphatic heterocycles. The van der Waals surface area contributed by atoms with Gasteiger partial charge in [0.2, 0.25) is 0 Å². The molecule has 0 aliphatic rings. The smallest absolute Gasteiger partial charge is 0.329 e. The van der Waals surface area contributed by atoms with Gasteiger partial charge in [0, 0.05) is 24.4 Å². The van der Waals surface area contributed by atoms with Crippen LogP contribution >= 0.6 is 11.6 Å². The second-order valence-electron chi connectivity index (χ2n) is 3.00. The summed E-state index contributed by atoms with van der Waals surface area (Å²) in [4.78, 5) is 10.3. The standard InChI is InChI=1S/C11H12ClNO4/c1-16-9-6-8(13-4-3-11(14)15)10(17-2)5-7(9)12/h3-6,13H,1-2H3,(H,14,15)/b4-3+. The van der Waals surface area contributed by atoms with E-state index in [4.69, 9.17) is 26.2 Å². The SMILES string of the molecule is COc1cc(N/C=C/C(=O)O)c(OC)cc1Cl. The van der Waals surface area contributed by atoms with Gasteiger partial charge >= 0.3 is 5.97 Å². The third-order valence-electron chi connectivity index (χ3n) is 1.94. The minimum Gasteiger partial charge on any atom is -0.495 e. The average molecular weight is 258 g/mol. The van der Waals surface area contributed by atoms with Gasteiger partial charge in [0.05, 0.1) is 24.9 Å². The molecule has 0 amide bonds. The Morgan fingerprint density at radius 1 is 1.35 bits per heavy atom. The van der Waals surface area contributed by atoms with Crippen molar-refractivity contribution in [1.29, 1.82) is 0 Å². The molecule has 92 valence electrons. The molecule has 0 bridgehead atoms. The lowest BCUT2D eigenvalue weighted by Crippen LogP contribution is -1.96. The van der Waals surface area contributed by atoms with Gasteiger partial charge in [-0.25, -0.2) is 4.79 Å². The van der Waals surface area contributed by atoms with E-state index in [2.05, 4.69) is 5.32 Å². The summed E-state index contributed by atoms with van der Waals surface area (Å²) in [5.74, 6) is -0.0816. The number of hydrogen-bond acceptors (Lipinski definition) is 4. The highest BCUT2D eigenvalue weighted by molar-refractivity contribution is 6.32. The van der Waals surface area contributed by atoms with E-state index in [-0.39, 0.29) is 0 Å². The second kappa shape index (κ2) is 6.00. The van der Waals surface area contributed by atoms with Gasteiger partial charge in [-0.05, 0) is 0 Å². The minimum absolute atomic E-state index is 0.414. The quantitative estimate of drug-likeness (QED) is 0.793. The van der Waals surface area contributed by atoms with Crippen LogP contribution in [0.3, 0.4) is 0 Å². The summed E-state index contributed by atoms with van der Waals surface area (Å²) in [5.41, 5.74) is 0.561. The van der Waals surface area contributed by atoms with E-state index >= 15 is 0 Å². The number of rotatable bonds is 5.